The quantitative estimate of drug-likeness (QED) is 0.734. The Morgan fingerprint density at radius 2 is 2.12 bits per heavy atom. The fourth-order valence-corrected chi connectivity index (χ4v) is 3.99. The molecule has 1 saturated heterocycles. The van der Waals surface area contributed by atoms with E-state index in [4.69, 9.17) is 9.73 Å². The molecule has 1 saturated carbocycles. The maximum atomic E-state index is 5.26. The van der Waals surface area contributed by atoms with Crippen molar-refractivity contribution in [3.8, 4) is 0 Å². The van der Waals surface area contributed by atoms with E-state index in [0.717, 1.165) is 24.5 Å². The first-order valence-electron chi connectivity index (χ1n) is 7.04. The highest BCUT2D eigenvalue weighted by molar-refractivity contribution is 5.88. The number of hydrogen-bond donors (Lipinski definition) is 0. The van der Waals surface area contributed by atoms with Crippen LogP contribution in [0.3, 0.4) is 0 Å². The van der Waals surface area contributed by atoms with Crippen molar-refractivity contribution in [1.82, 2.24) is 4.90 Å². The molecule has 2 aliphatic heterocycles. The minimum atomic E-state index is 0.578. The monoisotopic (exact) mass is 236 g/mol. The van der Waals surface area contributed by atoms with Crippen LogP contribution in [0, 0.1) is 17.8 Å². The maximum Gasteiger partial charge on any atom is 0.0986 e. The van der Waals surface area contributed by atoms with Crippen LogP contribution in [0.15, 0.2) is 4.99 Å². The zero-order valence-corrected chi connectivity index (χ0v) is 11.1. The third kappa shape index (κ3) is 2.27. The summed E-state index contributed by atoms with van der Waals surface area (Å²) in [5.74, 6) is 2.57. The molecular formula is C14H24N2O. The Bertz CT molecular complexity index is 315. The third-order valence-electron chi connectivity index (χ3n) is 4.81. The van der Waals surface area contributed by atoms with Crippen LogP contribution in [0.2, 0.25) is 0 Å². The summed E-state index contributed by atoms with van der Waals surface area (Å²) in [5.41, 5.74) is 1.55. The molecule has 1 aliphatic carbocycles. The highest BCUT2D eigenvalue weighted by atomic mass is 16.5. The zero-order chi connectivity index (χ0) is 11.8. The molecule has 0 spiro atoms. The molecule has 0 amide bonds. The van der Waals surface area contributed by atoms with Crippen LogP contribution in [0.5, 0.6) is 0 Å². The maximum absolute atomic E-state index is 5.26. The van der Waals surface area contributed by atoms with Gasteiger partial charge in [0, 0.05) is 32.0 Å². The molecule has 0 N–H and O–H groups in total. The number of likely N-dealkylation sites (tertiary alicyclic amines) is 1. The summed E-state index contributed by atoms with van der Waals surface area (Å²) in [4.78, 5) is 7.37. The average Bonchev–Trinajstić information content (AvgIpc) is 2.67. The van der Waals surface area contributed by atoms with E-state index in [0.29, 0.717) is 6.04 Å². The fraction of sp³-hybridized carbons (Fsp3) is 0.929. The van der Waals surface area contributed by atoms with Crippen LogP contribution in [0.1, 0.15) is 32.6 Å². The van der Waals surface area contributed by atoms with Gasteiger partial charge in [-0.15, -0.1) is 0 Å². The second-order valence-electron chi connectivity index (χ2n) is 6.16. The summed E-state index contributed by atoms with van der Waals surface area (Å²) in [6, 6.07) is 0.578. The lowest BCUT2D eigenvalue weighted by atomic mass is 9.71. The molecule has 3 nitrogen and oxygen atoms in total. The van der Waals surface area contributed by atoms with Crippen molar-refractivity contribution in [2.24, 2.45) is 22.7 Å². The minimum Gasteiger partial charge on any atom is -0.369 e. The van der Waals surface area contributed by atoms with Crippen molar-refractivity contribution >= 4 is 5.71 Å². The first-order chi connectivity index (χ1) is 8.26. The number of fused-ring (bicyclic) bond motifs is 2. The summed E-state index contributed by atoms with van der Waals surface area (Å²) in [7, 11) is 1.80. The lowest BCUT2D eigenvalue weighted by Crippen LogP contribution is -2.34. The molecule has 3 rings (SSSR count). The van der Waals surface area contributed by atoms with E-state index in [9.17, 15) is 0 Å². The molecule has 0 bridgehead atoms. The Hall–Kier alpha value is -0.410. The first-order valence-corrected chi connectivity index (χ1v) is 7.04. The van der Waals surface area contributed by atoms with Gasteiger partial charge in [-0.1, -0.05) is 0 Å². The van der Waals surface area contributed by atoms with Gasteiger partial charge in [0.25, 0.3) is 0 Å². The van der Waals surface area contributed by atoms with Gasteiger partial charge in [-0.3, -0.25) is 9.89 Å². The predicted octanol–water partition coefficient (Wildman–Crippen LogP) is 2.17. The summed E-state index contributed by atoms with van der Waals surface area (Å²) >= 11 is 0. The third-order valence-corrected chi connectivity index (χ3v) is 4.81. The van der Waals surface area contributed by atoms with Gasteiger partial charge in [-0.2, -0.15) is 0 Å². The lowest BCUT2D eigenvalue weighted by molar-refractivity contribution is 0.0763. The second kappa shape index (κ2) is 4.69. The van der Waals surface area contributed by atoms with E-state index in [1.54, 1.807) is 12.8 Å². The largest absolute Gasteiger partial charge is 0.369 e. The van der Waals surface area contributed by atoms with E-state index in [1.165, 1.54) is 38.8 Å². The Morgan fingerprint density at radius 1 is 1.29 bits per heavy atom. The van der Waals surface area contributed by atoms with E-state index in [1.807, 2.05) is 0 Å². The summed E-state index contributed by atoms with van der Waals surface area (Å²) in [6.07, 6.45) is 5.33. The smallest absolute Gasteiger partial charge is 0.0986 e. The standard InChI is InChI=1S/C14H24N2O/c1-10-3-4-11-5-12-7-16(9-17-2)8-13(12)6-14(11)15-10/h10-13H,3-9H2,1-2H3/t10?,11?,12-,13-/m1/s1. The van der Waals surface area contributed by atoms with Crippen molar-refractivity contribution in [1.29, 1.82) is 0 Å². The number of rotatable bonds is 2. The zero-order valence-electron chi connectivity index (χ0n) is 11.1. The molecule has 0 aromatic carbocycles. The first kappa shape index (κ1) is 11.7. The van der Waals surface area contributed by atoms with Crippen molar-refractivity contribution in [2.75, 3.05) is 26.9 Å². The Morgan fingerprint density at radius 3 is 2.94 bits per heavy atom. The van der Waals surface area contributed by atoms with Gasteiger partial charge < -0.3 is 4.74 Å². The van der Waals surface area contributed by atoms with Crippen molar-refractivity contribution in [2.45, 2.75) is 38.6 Å². The minimum absolute atomic E-state index is 0.578. The van der Waals surface area contributed by atoms with E-state index >= 15 is 0 Å². The molecule has 2 unspecified atom stereocenters. The molecule has 0 radical (unpaired) electrons. The Labute approximate surface area is 104 Å². The van der Waals surface area contributed by atoms with E-state index < -0.39 is 0 Å². The molecule has 3 heteroatoms. The van der Waals surface area contributed by atoms with Crippen LogP contribution >= 0.6 is 0 Å². The number of aliphatic imine (C=N–C) groups is 1. The van der Waals surface area contributed by atoms with Crippen molar-refractivity contribution in [3.05, 3.63) is 0 Å². The molecule has 17 heavy (non-hydrogen) atoms. The Kier molecular flexibility index (Phi) is 3.22. The highest BCUT2D eigenvalue weighted by Gasteiger charge is 2.41. The molecule has 0 aromatic heterocycles. The van der Waals surface area contributed by atoms with Crippen LogP contribution in [-0.4, -0.2) is 43.6 Å². The van der Waals surface area contributed by atoms with Gasteiger partial charge in [0.1, 0.15) is 0 Å². The van der Waals surface area contributed by atoms with E-state index in [2.05, 4.69) is 11.8 Å². The summed E-state index contributed by atoms with van der Waals surface area (Å²) in [6.45, 7) is 5.54. The fourth-order valence-electron chi connectivity index (χ4n) is 3.99. The van der Waals surface area contributed by atoms with Gasteiger partial charge >= 0.3 is 0 Å². The Balaban J connectivity index is 1.68. The van der Waals surface area contributed by atoms with Crippen LogP contribution < -0.4 is 0 Å². The predicted molar refractivity (Wildman–Crippen MR) is 69.3 cm³/mol. The van der Waals surface area contributed by atoms with E-state index in [-0.39, 0.29) is 0 Å². The second-order valence-corrected chi connectivity index (χ2v) is 6.16. The number of ether oxygens (including phenoxy) is 1. The SMILES string of the molecule is COCN1C[C@H]2CC3=NC(C)CCC3C[C@@H]2C1. The van der Waals surface area contributed by atoms with Gasteiger partial charge in [0.05, 0.1) is 6.73 Å². The van der Waals surface area contributed by atoms with Crippen molar-refractivity contribution in [3.63, 3.8) is 0 Å². The van der Waals surface area contributed by atoms with Crippen LogP contribution in [0.25, 0.3) is 0 Å². The number of methoxy groups -OCH3 is 1. The molecule has 2 heterocycles. The van der Waals surface area contributed by atoms with Gasteiger partial charge in [0.2, 0.25) is 0 Å². The van der Waals surface area contributed by atoms with Crippen LogP contribution in [0.4, 0.5) is 0 Å². The molecule has 96 valence electrons. The molecule has 3 aliphatic rings. The molecule has 0 aromatic rings. The van der Waals surface area contributed by atoms with Gasteiger partial charge in [-0.25, -0.2) is 0 Å². The number of hydrogen-bond acceptors (Lipinski definition) is 3. The number of nitrogens with zero attached hydrogens (tertiary/aromatic N) is 2. The summed E-state index contributed by atoms with van der Waals surface area (Å²) < 4.78 is 5.26. The average molecular weight is 236 g/mol. The summed E-state index contributed by atoms with van der Waals surface area (Å²) in [5, 5.41) is 0. The van der Waals surface area contributed by atoms with Crippen molar-refractivity contribution < 1.29 is 4.74 Å². The molecule has 4 atom stereocenters. The normalized spacial score (nSPS) is 41.9. The highest BCUT2D eigenvalue weighted by Crippen LogP contribution is 2.41. The topological polar surface area (TPSA) is 24.8 Å². The molecule has 2 fully saturated rings. The lowest BCUT2D eigenvalue weighted by Gasteiger charge is -2.36. The van der Waals surface area contributed by atoms with Gasteiger partial charge in [0.15, 0.2) is 0 Å². The molecular weight excluding hydrogens is 212 g/mol. The van der Waals surface area contributed by atoms with Crippen LogP contribution in [-0.2, 0) is 4.74 Å². The van der Waals surface area contributed by atoms with Gasteiger partial charge in [-0.05, 0) is 50.4 Å².